The second kappa shape index (κ2) is 10.3. The molecule has 5 nitrogen and oxygen atoms in total. The smallest absolute Gasteiger partial charge is 0.404 e. The lowest BCUT2D eigenvalue weighted by molar-refractivity contribution is -0.304. The van der Waals surface area contributed by atoms with E-state index >= 15 is 0 Å². The van der Waals surface area contributed by atoms with Gasteiger partial charge >= 0.3 is 6.09 Å². The van der Waals surface area contributed by atoms with E-state index in [4.69, 9.17) is 5.73 Å². The molecule has 1 amide bonds. The van der Waals surface area contributed by atoms with E-state index in [-0.39, 0.29) is 6.61 Å². The third-order valence-electron chi connectivity index (χ3n) is 2.61. The first-order valence-corrected chi connectivity index (χ1v) is 7.75. The summed E-state index contributed by atoms with van der Waals surface area (Å²) in [5.41, 5.74) is 5.72. The highest BCUT2D eigenvalue weighted by Crippen LogP contribution is 2.21. The van der Waals surface area contributed by atoms with Gasteiger partial charge in [0.25, 0.3) is 0 Å². The van der Waals surface area contributed by atoms with Crippen LogP contribution in [0, 0.1) is 0 Å². The van der Waals surface area contributed by atoms with Crippen molar-refractivity contribution in [1.82, 2.24) is 0 Å². The van der Waals surface area contributed by atoms with Crippen molar-refractivity contribution >= 4 is 23.8 Å². The quantitative estimate of drug-likeness (QED) is 0.847. The minimum absolute atomic E-state index is 0.246. The Bertz CT molecular complexity index is 605. The average Bonchev–Trinajstić information content (AvgIpc) is 2.55. The number of aliphatic carboxylic acids is 1. The lowest BCUT2D eigenvalue weighted by Gasteiger charge is -2.11. The molecule has 0 saturated heterocycles. The molecule has 0 aliphatic heterocycles. The molecule has 6 heteroatoms. The van der Waals surface area contributed by atoms with Crippen molar-refractivity contribution in [3.8, 4) is 0 Å². The number of hydrogen-bond acceptors (Lipinski definition) is 5. The van der Waals surface area contributed by atoms with Gasteiger partial charge in [-0.15, -0.1) is 11.8 Å². The molecule has 2 rings (SSSR count). The van der Waals surface area contributed by atoms with Gasteiger partial charge in [-0.3, -0.25) is 0 Å². The molecule has 2 aromatic carbocycles. The molecule has 2 N–H and O–H groups in total. The zero-order valence-electron chi connectivity index (χ0n) is 12.7. The number of nitrogens with two attached hydrogens (primary N) is 1. The number of carboxylic acids is 1. The van der Waals surface area contributed by atoms with Gasteiger partial charge in [0.15, 0.2) is 0 Å². The lowest BCUT2D eigenvalue weighted by atomic mass is 10.2. The van der Waals surface area contributed by atoms with E-state index in [0.717, 1.165) is 10.5 Å². The molecule has 0 bridgehead atoms. The molecule has 0 spiro atoms. The van der Waals surface area contributed by atoms with E-state index < -0.39 is 17.3 Å². The maximum atomic E-state index is 10.4. The fourth-order valence-corrected chi connectivity index (χ4v) is 2.30. The van der Waals surface area contributed by atoms with E-state index in [9.17, 15) is 14.7 Å². The Morgan fingerprint density at radius 2 is 1.61 bits per heavy atom. The molecule has 0 saturated carbocycles. The molecule has 0 aliphatic carbocycles. The Hall–Kier alpha value is -2.47. The minimum Gasteiger partial charge on any atom is -0.549 e. The van der Waals surface area contributed by atoms with Crippen molar-refractivity contribution in [1.29, 1.82) is 0 Å². The van der Waals surface area contributed by atoms with Crippen LogP contribution in [0.2, 0.25) is 0 Å². The van der Waals surface area contributed by atoms with Crippen LogP contribution in [0.5, 0.6) is 0 Å². The van der Waals surface area contributed by atoms with Gasteiger partial charge < -0.3 is 20.4 Å². The Morgan fingerprint density at radius 3 is 2.09 bits per heavy atom. The van der Waals surface area contributed by atoms with Gasteiger partial charge in [-0.2, -0.15) is 0 Å². The average molecular weight is 332 g/mol. The highest BCUT2D eigenvalue weighted by atomic mass is 32.2. The predicted molar refractivity (Wildman–Crippen MR) is 87.6 cm³/mol. The summed E-state index contributed by atoms with van der Waals surface area (Å²) < 4.78 is 4.57. The first kappa shape index (κ1) is 18.6. The molecule has 1 atom stereocenters. The van der Waals surface area contributed by atoms with Crippen LogP contribution < -0.4 is 10.8 Å². The van der Waals surface area contributed by atoms with Gasteiger partial charge in [0.1, 0.15) is 6.61 Å². The summed E-state index contributed by atoms with van der Waals surface area (Å²) in [6.45, 7) is 1.86. The van der Waals surface area contributed by atoms with Crippen LogP contribution in [-0.2, 0) is 16.1 Å². The molecular weight excluding hydrogens is 314 g/mol. The zero-order chi connectivity index (χ0) is 17.1. The number of hydrogen-bond donors (Lipinski definition) is 1. The molecule has 2 aromatic rings. The number of amides is 1. The van der Waals surface area contributed by atoms with Gasteiger partial charge in [-0.1, -0.05) is 48.5 Å². The number of benzene rings is 2. The van der Waals surface area contributed by atoms with E-state index in [1.54, 1.807) is 6.92 Å². The molecule has 0 heterocycles. The SMILES string of the molecule is CC(Sc1ccccc1)C(=O)[O-].NC(=O)OCc1ccccc1. The number of primary amides is 1. The van der Waals surface area contributed by atoms with E-state index in [0.29, 0.717) is 0 Å². The van der Waals surface area contributed by atoms with Crippen LogP contribution in [0.15, 0.2) is 65.6 Å². The monoisotopic (exact) mass is 332 g/mol. The number of carbonyl (C=O) groups excluding carboxylic acids is 2. The van der Waals surface area contributed by atoms with Crippen molar-refractivity contribution < 1.29 is 19.4 Å². The second-order valence-electron chi connectivity index (χ2n) is 4.49. The van der Waals surface area contributed by atoms with Gasteiger partial charge in [-0.25, -0.2) is 4.79 Å². The molecule has 0 radical (unpaired) electrons. The summed E-state index contributed by atoms with van der Waals surface area (Å²) >= 11 is 1.29. The van der Waals surface area contributed by atoms with Crippen LogP contribution in [0.1, 0.15) is 12.5 Å². The van der Waals surface area contributed by atoms with Crippen molar-refractivity contribution in [2.75, 3.05) is 0 Å². The molecular formula is C17H18NO4S-. The molecule has 1 unspecified atom stereocenters. The van der Waals surface area contributed by atoms with E-state index in [2.05, 4.69) is 4.74 Å². The normalized spacial score (nSPS) is 10.8. The van der Waals surface area contributed by atoms with E-state index in [1.807, 2.05) is 60.7 Å². The van der Waals surface area contributed by atoms with Crippen molar-refractivity contribution in [2.24, 2.45) is 5.73 Å². The second-order valence-corrected chi connectivity index (χ2v) is 5.90. The Balaban J connectivity index is 0.000000231. The first-order valence-electron chi connectivity index (χ1n) is 6.87. The third-order valence-corrected chi connectivity index (χ3v) is 3.70. The van der Waals surface area contributed by atoms with Gasteiger partial charge in [0, 0.05) is 10.1 Å². The number of ether oxygens (including phenoxy) is 1. The molecule has 0 aliphatic rings. The maximum Gasteiger partial charge on any atom is 0.404 e. The number of carbonyl (C=O) groups is 2. The summed E-state index contributed by atoms with van der Waals surface area (Å²) in [5.74, 6) is -1.02. The topological polar surface area (TPSA) is 92.5 Å². The van der Waals surface area contributed by atoms with Crippen molar-refractivity contribution in [3.63, 3.8) is 0 Å². The summed E-state index contributed by atoms with van der Waals surface area (Å²) in [4.78, 5) is 21.5. The number of thioether (sulfide) groups is 1. The molecule has 122 valence electrons. The van der Waals surface area contributed by atoms with Crippen LogP contribution in [-0.4, -0.2) is 17.3 Å². The summed E-state index contributed by atoms with van der Waals surface area (Å²) in [7, 11) is 0. The van der Waals surface area contributed by atoms with E-state index in [1.165, 1.54) is 11.8 Å². The summed E-state index contributed by atoms with van der Waals surface area (Å²) in [5, 5.41) is 9.88. The summed E-state index contributed by atoms with van der Waals surface area (Å²) in [6, 6.07) is 18.8. The van der Waals surface area contributed by atoms with Crippen LogP contribution in [0.25, 0.3) is 0 Å². The molecule has 0 fully saturated rings. The minimum atomic E-state index is -1.02. The molecule has 23 heavy (non-hydrogen) atoms. The largest absolute Gasteiger partial charge is 0.549 e. The highest BCUT2D eigenvalue weighted by Gasteiger charge is 2.03. The number of carboxylic acid groups (broad SMARTS) is 1. The highest BCUT2D eigenvalue weighted by molar-refractivity contribution is 8.00. The van der Waals surface area contributed by atoms with Crippen LogP contribution in [0.3, 0.4) is 0 Å². The first-order chi connectivity index (χ1) is 11.0. The molecule has 0 aromatic heterocycles. The fourth-order valence-electron chi connectivity index (χ4n) is 1.48. The lowest BCUT2D eigenvalue weighted by Crippen LogP contribution is -2.31. The zero-order valence-corrected chi connectivity index (χ0v) is 13.5. The fraction of sp³-hybridized carbons (Fsp3) is 0.176. The Labute approximate surface area is 139 Å². The number of rotatable bonds is 5. The standard InChI is InChI=1S/C9H10O2S.C8H9NO2/c1-7(9(10)11)12-8-5-3-2-4-6-8;9-8(10)11-6-7-4-2-1-3-5-7/h2-7H,1H3,(H,10,11);1-5H,6H2,(H2,9,10)/p-1. The summed E-state index contributed by atoms with van der Waals surface area (Å²) in [6.07, 6.45) is -0.742. The van der Waals surface area contributed by atoms with Gasteiger partial charge in [-0.05, 0) is 24.6 Å². The predicted octanol–water partition coefficient (Wildman–Crippen LogP) is 2.20. The van der Waals surface area contributed by atoms with Gasteiger partial charge in [0.05, 0.1) is 5.97 Å². The van der Waals surface area contributed by atoms with Crippen LogP contribution >= 0.6 is 11.8 Å². The maximum absolute atomic E-state index is 10.4. The Kier molecular flexibility index (Phi) is 8.31. The van der Waals surface area contributed by atoms with Crippen LogP contribution in [0.4, 0.5) is 4.79 Å². The van der Waals surface area contributed by atoms with Crippen molar-refractivity contribution in [3.05, 3.63) is 66.2 Å². The Morgan fingerprint density at radius 1 is 1.09 bits per heavy atom. The van der Waals surface area contributed by atoms with Crippen molar-refractivity contribution in [2.45, 2.75) is 23.7 Å². The third kappa shape index (κ3) is 8.53. The van der Waals surface area contributed by atoms with Gasteiger partial charge in [0.2, 0.25) is 0 Å².